The van der Waals surface area contributed by atoms with Gasteiger partial charge in [0.1, 0.15) is 5.75 Å². The smallest absolute Gasteiger partial charge is 0.243 e. The Kier molecular flexibility index (Phi) is 4.84. The number of aryl methyl sites for hydroxylation is 2. The molecule has 2 aromatic heterocycles. The van der Waals surface area contributed by atoms with Gasteiger partial charge < -0.3 is 4.74 Å². The molecule has 7 nitrogen and oxygen atoms in total. The Morgan fingerprint density at radius 1 is 1.07 bits per heavy atom. The Hall–Kier alpha value is -2.45. The average molecular weight is 401 g/mol. The van der Waals surface area contributed by atoms with Crippen molar-refractivity contribution in [1.29, 1.82) is 0 Å². The zero-order chi connectivity index (χ0) is 19.9. The maximum atomic E-state index is 12.9. The molecule has 148 valence electrons. The number of benzene rings is 1. The Morgan fingerprint density at radius 2 is 1.75 bits per heavy atom. The minimum absolute atomic E-state index is 0.252. The molecule has 1 aliphatic rings. The summed E-state index contributed by atoms with van der Waals surface area (Å²) in [6.45, 7) is 2.96. The predicted molar refractivity (Wildman–Crippen MR) is 107 cm³/mol. The van der Waals surface area contributed by atoms with Gasteiger partial charge in [0, 0.05) is 37.1 Å². The number of hydrogen-bond acceptors (Lipinski definition) is 5. The summed E-state index contributed by atoms with van der Waals surface area (Å²) in [5.41, 5.74) is 2.86. The number of nitrogens with zero attached hydrogens (tertiary/aromatic N) is 4. The van der Waals surface area contributed by atoms with Gasteiger partial charge in [0.15, 0.2) is 5.65 Å². The lowest BCUT2D eigenvalue weighted by Gasteiger charge is -2.31. The van der Waals surface area contributed by atoms with E-state index < -0.39 is 10.0 Å². The average Bonchev–Trinajstić information content (AvgIpc) is 3.01. The van der Waals surface area contributed by atoms with Gasteiger partial charge in [0.05, 0.1) is 17.7 Å². The largest absolute Gasteiger partial charge is 0.497 e. The van der Waals surface area contributed by atoms with Crippen LogP contribution in [-0.4, -0.2) is 47.7 Å². The molecule has 1 fully saturated rings. The van der Waals surface area contributed by atoms with Crippen molar-refractivity contribution in [2.75, 3.05) is 20.2 Å². The summed E-state index contributed by atoms with van der Waals surface area (Å²) >= 11 is 0. The molecule has 0 aliphatic carbocycles. The van der Waals surface area contributed by atoms with E-state index in [4.69, 9.17) is 9.72 Å². The summed E-state index contributed by atoms with van der Waals surface area (Å²) in [6.07, 6.45) is 1.51. The summed E-state index contributed by atoms with van der Waals surface area (Å²) < 4.78 is 34.3. The van der Waals surface area contributed by atoms with Crippen molar-refractivity contribution in [2.24, 2.45) is 7.05 Å². The van der Waals surface area contributed by atoms with Crippen molar-refractivity contribution in [2.45, 2.75) is 30.6 Å². The third-order valence-corrected chi connectivity index (χ3v) is 7.38. The van der Waals surface area contributed by atoms with E-state index in [1.54, 1.807) is 40.4 Å². The minimum Gasteiger partial charge on any atom is -0.497 e. The number of pyridine rings is 1. The lowest BCUT2D eigenvalue weighted by Crippen LogP contribution is -2.38. The molecule has 8 heteroatoms. The number of methoxy groups -OCH3 is 1. The van der Waals surface area contributed by atoms with Gasteiger partial charge in [-0.15, -0.1) is 0 Å². The summed E-state index contributed by atoms with van der Waals surface area (Å²) in [6, 6.07) is 10.7. The van der Waals surface area contributed by atoms with E-state index >= 15 is 0 Å². The van der Waals surface area contributed by atoms with Crippen molar-refractivity contribution in [3.05, 3.63) is 47.8 Å². The molecule has 1 saturated heterocycles. The fourth-order valence-corrected chi connectivity index (χ4v) is 5.30. The molecule has 0 N–H and O–H groups in total. The first kappa shape index (κ1) is 18.9. The number of piperidine rings is 1. The van der Waals surface area contributed by atoms with Crippen LogP contribution in [0.3, 0.4) is 0 Å². The van der Waals surface area contributed by atoms with Gasteiger partial charge in [-0.05, 0) is 56.2 Å². The van der Waals surface area contributed by atoms with Gasteiger partial charge in [-0.3, -0.25) is 4.68 Å². The number of fused-ring (bicyclic) bond motifs is 1. The van der Waals surface area contributed by atoms with Crippen molar-refractivity contribution >= 4 is 21.1 Å². The standard InChI is InChI=1S/C20H24N4O3S/c1-14-18-8-9-19(21-20(18)23(2)22-14)15-10-12-24(13-11-15)28(25,26)17-6-4-16(27-3)5-7-17/h4-9,15H,10-13H2,1-3H3. The lowest BCUT2D eigenvalue weighted by molar-refractivity contribution is 0.317. The monoisotopic (exact) mass is 400 g/mol. The molecule has 0 radical (unpaired) electrons. The summed E-state index contributed by atoms with van der Waals surface area (Å²) in [5.74, 6) is 0.895. The molecule has 0 saturated carbocycles. The van der Waals surface area contributed by atoms with Crippen LogP contribution in [0.15, 0.2) is 41.3 Å². The van der Waals surface area contributed by atoms with E-state index in [-0.39, 0.29) is 5.92 Å². The highest BCUT2D eigenvalue weighted by Gasteiger charge is 2.30. The van der Waals surface area contributed by atoms with Crippen LogP contribution in [0.2, 0.25) is 0 Å². The number of rotatable bonds is 4. The second kappa shape index (κ2) is 7.18. The quantitative estimate of drug-likeness (QED) is 0.673. The molecule has 28 heavy (non-hydrogen) atoms. The van der Waals surface area contributed by atoms with Gasteiger partial charge in [-0.25, -0.2) is 13.4 Å². The van der Waals surface area contributed by atoms with Crippen LogP contribution >= 0.6 is 0 Å². The van der Waals surface area contributed by atoms with Crippen LogP contribution in [0.5, 0.6) is 5.75 Å². The molecular formula is C20H24N4O3S. The van der Waals surface area contributed by atoms with Crippen LogP contribution in [0.25, 0.3) is 11.0 Å². The molecule has 0 unspecified atom stereocenters. The van der Waals surface area contributed by atoms with Crippen LogP contribution in [0.4, 0.5) is 0 Å². The van der Waals surface area contributed by atoms with E-state index in [0.717, 1.165) is 35.3 Å². The van der Waals surface area contributed by atoms with E-state index in [9.17, 15) is 8.42 Å². The van der Waals surface area contributed by atoms with Gasteiger partial charge in [-0.2, -0.15) is 9.40 Å². The SMILES string of the molecule is COc1ccc(S(=O)(=O)N2CCC(c3ccc4c(C)nn(C)c4n3)CC2)cc1. The summed E-state index contributed by atoms with van der Waals surface area (Å²) in [4.78, 5) is 5.10. The molecule has 3 heterocycles. The number of ether oxygens (including phenoxy) is 1. The maximum Gasteiger partial charge on any atom is 0.243 e. The summed E-state index contributed by atoms with van der Waals surface area (Å²) in [5, 5.41) is 5.49. The second-order valence-electron chi connectivity index (χ2n) is 7.17. The third-order valence-electron chi connectivity index (χ3n) is 5.46. The normalized spacial score (nSPS) is 16.5. The van der Waals surface area contributed by atoms with Crippen LogP contribution in [0, 0.1) is 6.92 Å². The molecular weight excluding hydrogens is 376 g/mol. The Labute approximate surface area is 165 Å². The zero-order valence-electron chi connectivity index (χ0n) is 16.3. The van der Waals surface area contributed by atoms with Gasteiger partial charge in [0.25, 0.3) is 0 Å². The molecule has 4 rings (SSSR count). The Bertz CT molecular complexity index is 1100. The molecule has 0 amide bonds. The van der Waals surface area contributed by atoms with E-state index in [1.165, 1.54) is 0 Å². The zero-order valence-corrected chi connectivity index (χ0v) is 17.1. The highest BCUT2D eigenvalue weighted by Crippen LogP contribution is 2.31. The first-order chi connectivity index (χ1) is 13.4. The Morgan fingerprint density at radius 3 is 2.39 bits per heavy atom. The number of hydrogen-bond donors (Lipinski definition) is 0. The fraction of sp³-hybridized carbons (Fsp3) is 0.400. The van der Waals surface area contributed by atoms with Crippen LogP contribution < -0.4 is 4.74 Å². The molecule has 1 aromatic carbocycles. The number of aromatic nitrogens is 3. The van der Waals surface area contributed by atoms with E-state index in [1.807, 2.05) is 14.0 Å². The predicted octanol–water partition coefficient (Wildman–Crippen LogP) is 2.85. The molecule has 1 aliphatic heterocycles. The first-order valence-corrected chi connectivity index (χ1v) is 10.8. The first-order valence-electron chi connectivity index (χ1n) is 9.34. The van der Waals surface area contributed by atoms with Crippen LogP contribution in [0.1, 0.15) is 30.1 Å². The molecule has 0 atom stereocenters. The molecule has 0 bridgehead atoms. The fourth-order valence-electron chi connectivity index (χ4n) is 3.83. The third kappa shape index (κ3) is 3.27. The molecule has 3 aromatic rings. The Balaban J connectivity index is 1.50. The van der Waals surface area contributed by atoms with Crippen LogP contribution in [-0.2, 0) is 17.1 Å². The van der Waals surface area contributed by atoms with E-state index in [0.29, 0.717) is 23.7 Å². The minimum atomic E-state index is -3.49. The lowest BCUT2D eigenvalue weighted by atomic mass is 9.94. The molecule has 0 spiro atoms. The highest BCUT2D eigenvalue weighted by molar-refractivity contribution is 7.89. The highest BCUT2D eigenvalue weighted by atomic mass is 32.2. The van der Waals surface area contributed by atoms with Gasteiger partial charge >= 0.3 is 0 Å². The van der Waals surface area contributed by atoms with Crippen molar-refractivity contribution in [3.8, 4) is 5.75 Å². The number of sulfonamides is 1. The van der Waals surface area contributed by atoms with Crippen molar-refractivity contribution in [1.82, 2.24) is 19.1 Å². The topological polar surface area (TPSA) is 77.3 Å². The van der Waals surface area contributed by atoms with Gasteiger partial charge in [0.2, 0.25) is 10.0 Å². The van der Waals surface area contributed by atoms with Crippen molar-refractivity contribution in [3.63, 3.8) is 0 Å². The maximum absolute atomic E-state index is 12.9. The van der Waals surface area contributed by atoms with E-state index in [2.05, 4.69) is 17.2 Å². The summed E-state index contributed by atoms with van der Waals surface area (Å²) in [7, 11) is -0.0265. The second-order valence-corrected chi connectivity index (χ2v) is 9.11. The van der Waals surface area contributed by atoms with Gasteiger partial charge in [-0.1, -0.05) is 0 Å². The van der Waals surface area contributed by atoms with Crippen molar-refractivity contribution < 1.29 is 13.2 Å².